The first-order valence-corrected chi connectivity index (χ1v) is 5.75. The minimum atomic E-state index is -0.396. The fourth-order valence-corrected chi connectivity index (χ4v) is 1.65. The van der Waals surface area contributed by atoms with E-state index in [1.54, 1.807) is 6.07 Å². The minimum Gasteiger partial charge on any atom is -0.396 e. The van der Waals surface area contributed by atoms with E-state index in [-0.39, 0.29) is 6.61 Å². The van der Waals surface area contributed by atoms with Crippen LogP contribution in [0.2, 0.25) is 0 Å². The zero-order chi connectivity index (χ0) is 12.7. The smallest absolute Gasteiger partial charge is 0.150 e. The van der Waals surface area contributed by atoms with Gasteiger partial charge < -0.3 is 10.0 Å². The van der Waals surface area contributed by atoms with Gasteiger partial charge in [0.25, 0.3) is 0 Å². The van der Waals surface area contributed by atoms with Gasteiger partial charge in [0.2, 0.25) is 0 Å². The molecule has 1 aromatic rings. The van der Waals surface area contributed by atoms with Gasteiger partial charge in [-0.3, -0.25) is 4.79 Å². The van der Waals surface area contributed by atoms with Crippen molar-refractivity contribution in [3.63, 3.8) is 0 Å². The number of rotatable bonds is 7. The molecule has 0 atom stereocenters. The van der Waals surface area contributed by atoms with Crippen LogP contribution >= 0.6 is 0 Å². The number of aliphatic hydroxyl groups is 1. The molecule has 1 aromatic carbocycles. The summed E-state index contributed by atoms with van der Waals surface area (Å²) in [5.41, 5.74) is 1.05. The van der Waals surface area contributed by atoms with Gasteiger partial charge in [-0.05, 0) is 37.5 Å². The molecule has 3 nitrogen and oxygen atoms in total. The lowest BCUT2D eigenvalue weighted by atomic mass is 10.2. The van der Waals surface area contributed by atoms with Crippen molar-refractivity contribution in [1.82, 2.24) is 0 Å². The van der Waals surface area contributed by atoms with Gasteiger partial charge in [0, 0.05) is 31.5 Å². The molecule has 0 fully saturated rings. The molecule has 0 heterocycles. The summed E-state index contributed by atoms with van der Waals surface area (Å²) < 4.78 is 13.2. The number of aldehydes is 1. The molecule has 0 bridgehead atoms. The number of hydrogen-bond donors (Lipinski definition) is 1. The van der Waals surface area contributed by atoms with E-state index in [4.69, 9.17) is 5.11 Å². The molecule has 17 heavy (non-hydrogen) atoms. The third kappa shape index (κ3) is 4.53. The van der Waals surface area contributed by atoms with E-state index in [1.165, 1.54) is 12.1 Å². The van der Waals surface area contributed by atoms with E-state index in [0.717, 1.165) is 25.8 Å². The summed E-state index contributed by atoms with van der Waals surface area (Å²) in [6.45, 7) is 0.987. The van der Waals surface area contributed by atoms with Crippen LogP contribution in [0.25, 0.3) is 0 Å². The average molecular weight is 239 g/mol. The number of anilines is 1. The molecule has 0 amide bonds. The van der Waals surface area contributed by atoms with Gasteiger partial charge in [-0.2, -0.15) is 0 Å². The van der Waals surface area contributed by atoms with Crippen molar-refractivity contribution >= 4 is 12.0 Å². The Morgan fingerprint density at radius 3 is 2.71 bits per heavy atom. The van der Waals surface area contributed by atoms with Crippen LogP contribution in [-0.2, 0) is 0 Å². The van der Waals surface area contributed by atoms with Crippen LogP contribution in [0.5, 0.6) is 0 Å². The fourth-order valence-electron chi connectivity index (χ4n) is 1.65. The summed E-state index contributed by atoms with van der Waals surface area (Å²) in [5.74, 6) is -0.396. The van der Waals surface area contributed by atoms with Crippen molar-refractivity contribution in [3.8, 4) is 0 Å². The number of carbonyl (C=O) groups is 1. The van der Waals surface area contributed by atoms with Crippen molar-refractivity contribution < 1.29 is 14.3 Å². The van der Waals surface area contributed by atoms with Crippen molar-refractivity contribution in [3.05, 3.63) is 29.6 Å². The third-order valence-corrected chi connectivity index (χ3v) is 2.63. The van der Waals surface area contributed by atoms with Gasteiger partial charge >= 0.3 is 0 Å². The van der Waals surface area contributed by atoms with E-state index in [1.807, 2.05) is 11.9 Å². The second-order valence-corrected chi connectivity index (χ2v) is 4.07. The van der Waals surface area contributed by atoms with E-state index >= 15 is 0 Å². The maximum absolute atomic E-state index is 13.2. The Hall–Kier alpha value is -1.42. The largest absolute Gasteiger partial charge is 0.396 e. The molecular weight excluding hydrogens is 221 g/mol. The maximum Gasteiger partial charge on any atom is 0.150 e. The molecule has 1 rings (SSSR count). The molecule has 0 aliphatic heterocycles. The number of hydrogen-bond acceptors (Lipinski definition) is 3. The number of nitrogens with zero attached hydrogens (tertiary/aromatic N) is 1. The number of unbranched alkanes of at least 4 members (excludes halogenated alkanes) is 2. The summed E-state index contributed by atoms with van der Waals surface area (Å²) in [6.07, 6.45) is 3.31. The van der Waals surface area contributed by atoms with Crippen LogP contribution in [0.4, 0.5) is 10.1 Å². The molecule has 0 saturated carbocycles. The lowest BCUT2D eigenvalue weighted by Crippen LogP contribution is -2.18. The molecule has 4 heteroatoms. The van der Waals surface area contributed by atoms with Gasteiger partial charge in [-0.15, -0.1) is 0 Å². The Morgan fingerprint density at radius 2 is 2.06 bits per heavy atom. The normalized spacial score (nSPS) is 10.3. The Balaban J connectivity index is 2.58. The first-order chi connectivity index (χ1) is 8.17. The van der Waals surface area contributed by atoms with Crippen LogP contribution < -0.4 is 4.90 Å². The van der Waals surface area contributed by atoms with Gasteiger partial charge in [0.05, 0.1) is 0 Å². The van der Waals surface area contributed by atoms with Crippen molar-refractivity contribution in [2.45, 2.75) is 19.3 Å². The highest BCUT2D eigenvalue weighted by molar-refractivity contribution is 5.77. The molecule has 0 spiro atoms. The second-order valence-electron chi connectivity index (χ2n) is 4.07. The summed E-state index contributed by atoms with van der Waals surface area (Å²) >= 11 is 0. The highest BCUT2D eigenvalue weighted by atomic mass is 19.1. The topological polar surface area (TPSA) is 40.5 Å². The van der Waals surface area contributed by atoms with E-state index < -0.39 is 5.82 Å². The second kappa shape index (κ2) is 7.01. The predicted molar refractivity (Wildman–Crippen MR) is 66.0 cm³/mol. The standard InChI is InChI=1S/C13H18FNO2/c1-15(5-3-2-4-6-16)13-8-11(10-17)7-12(14)9-13/h7-10,16H,2-6H2,1H3. The molecule has 0 saturated heterocycles. The fraction of sp³-hybridized carbons (Fsp3) is 0.462. The summed E-state index contributed by atoms with van der Waals surface area (Å²) in [5, 5.41) is 8.65. The van der Waals surface area contributed by atoms with Gasteiger partial charge in [-0.1, -0.05) is 0 Å². The first kappa shape index (κ1) is 13.6. The maximum atomic E-state index is 13.2. The lowest BCUT2D eigenvalue weighted by Gasteiger charge is -2.19. The first-order valence-electron chi connectivity index (χ1n) is 5.75. The van der Waals surface area contributed by atoms with Crippen LogP contribution in [0.3, 0.4) is 0 Å². The van der Waals surface area contributed by atoms with Crippen molar-refractivity contribution in [2.75, 3.05) is 25.1 Å². The molecule has 94 valence electrons. The van der Waals surface area contributed by atoms with Crippen molar-refractivity contribution in [1.29, 1.82) is 0 Å². The third-order valence-electron chi connectivity index (χ3n) is 2.63. The molecule has 0 radical (unpaired) electrons. The Kier molecular flexibility index (Phi) is 5.63. The van der Waals surface area contributed by atoms with Crippen LogP contribution in [0, 0.1) is 5.82 Å². The summed E-state index contributed by atoms with van der Waals surface area (Å²) in [4.78, 5) is 12.5. The van der Waals surface area contributed by atoms with Crippen molar-refractivity contribution in [2.24, 2.45) is 0 Å². The Labute approximate surface area is 101 Å². The van der Waals surface area contributed by atoms with Crippen LogP contribution in [0.1, 0.15) is 29.6 Å². The number of aliphatic hydroxyl groups excluding tert-OH is 1. The van der Waals surface area contributed by atoms with Crippen LogP contribution in [0.15, 0.2) is 18.2 Å². The number of carbonyl (C=O) groups excluding carboxylic acids is 1. The van der Waals surface area contributed by atoms with E-state index in [0.29, 0.717) is 17.5 Å². The highest BCUT2D eigenvalue weighted by Crippen LogP contribution is 2.17. The van der Waals surface area contributed by atoms with Gasteiger partial charge in [-0.25, -0.2) is 4.39 Å². The van der Waals surface area contributed by atoms with E-state index in [9.17, 15) is 9.18 Å². The SMILES string of the molecule is CN(CCCCCO)c1cc(F)cc(C=O)c1. The lowest BCUT2D eigenvalue weighted by molar-refractivity contribution is 0.112. The predicted octanol–water partition coefficient (Wildman–Crippen LogP) is 2.24. The highest BCUT2D eigenvalue weighted by Gasteiger charge is 2.04. The molecule has 1 N–H and O–H groups in total. The number of benzene rings is 1. The summed E-state index contributed by atoms with van der Waals surface area (Å²) in [7, 11) is 1.86. The van der Waals surface area contributed by atoms with Gasteiger partial charge in [0.1, 0.15) is 12.1 Å². The monoisotopic (exact) mass is 239 g/mol. The van der Waals surface area contributed by atoms with E-state index in [2.05, 4.69) is 0 Å². The summed E-state index contributed by atoms with van der Waals surface area (Å²) in [6, 6.07) is 4.30. The molecule has 0 aromatic heterocycles. The number of halogens is 1. The molecule has 0 aliphatic rings. The minimum absolute atomic E-state index is 0.207. The molecule has 0 unspecified atom stereocenters. The Bertz CT molecular complexity index is 368. The average Bonchev–Trinajstić information content (AvgIpc) is 2.33. The molecule has 0 aliphatic carbocycles. The van der Waals surface area contributed by atoms with Gasteiger partial charge in [0.15, 0.2) is 0 Å². The van der Waals surface area contributed by atoms with Crippen LogP contribution in [-0.4, -0.2) is 31.6 Å². The Morgan fingerprint density at radius 1 is 1.29 bits per heavy atom. The zero-order valence-corrected chi connectivity index (χ0v) is 10.0. The zero-order valence-electron chi connectivity index (χ0n) is 10.0. The molecular formula is C13H18FNO2. The quantitative estimate of drug-likeness (QED) is 0.586.